The van der Waals surface area contributed by atoms with E-state index in [4.69, 9.17) is 5.73 Å². The average Bonchev–Trinajstić information content (AvgIpc) is 3.00. The lowest BCUT2D eigenvalue weighted by Gasteiger charge is -2.32. The fraction of sp³-hybridized carbons (Fsp3) is 0.769. The van der Waals surface area contributed by atoms with E-state index in [-0.39, 0.29) is 0 Å². The Kier molecular flexibility index (Phi) is 3.43. The first-order valence-corrected chi connectivity index (χ1v) is 7.74. The summed E-state index contributed by atoms with van der Waals surface area (Å²) in [5.74, 6) is 0.705. The molecule has 2 aliphatic heterocycles. The topological polar surface area (TPSA) is 45.4 Å². The number of aromatic nitrogens is 1. The molecular weight excluding hydrogens is 244 g/mol. The summed E-state index contributed by atoms with van der Waals surface area (Å²) in [6, 6.07) is 0.744. The fourth-order valence-electron chi connectivity index (χ4n) is 3.14. The van der Waals surface area contributed by atoms with Crippen molar-refractivity contribution in [1.82, 2.24) is 9.27 Å². The molecule has 1 aromatic rings. The first-order valence-electron chi connectivity index (χ1n) is 6.96. The first kappa shape index (κ1) is 12.2. The van der Waals surface area contributed by atoms with Gasteiger partial charge >= 0.3 is 0 Å². The van der Waals surface area contributed by atoms with Crippen LogP contribution in [0.2, 0.25) is 0 Å². The van der Waals surface area contributed by atoms with Gasteiger partial charge in [-0.15, -0.1) is 0 Å². The summed E-state index contributed by atoms with van der Waals surface area (Å²) in [4.78, 5) is 5.16. The van der Waals surface area contributed by atoms with Crippen LogP contribution in [0.4, 0.5) is 10.8 Å². The summed E-state index contributed by atoms with van der Waals surface area (Å²) >= 11 is 1.55. The summed E-state index contributed by atoms with van der Waals surface area (Å²) in [6.07, 6.45) is 5.46. The van der Waals surface area contributed by atoms with Crippen LogP contribution >= 0.6 is 11.5 Å². The zero-order chi connectivity index (χ0) is 12.5. The van der Waals surface area contributed by atoms with Gasteiger partial charge in [0.1, 0.15) is 10.8 Å². The van der Waals surface area contributed by atoms with Crippen molar-refractivity contribution in [2.75, 3.05) is 36.8 Å². The zero-order valence-corrected chi connectivity index (χ0v) is 11.9. The van der Waals surface area contributed by atoms with E-state index >= 15 is 0 Å². The van der Waals surface area contributed by atoms with Crippen molar-refractivity contribution in [3.05, 3.63) is 5.56 Å². The van der Waals surface area contributed by atoms with Crippen LogP contribution in [-0.4, -0.2) is 41.5 Å². The molecule has 5 heteroatoms. The van der Waals surface area contributed by atoms with E-state index < -0.39 is 0 Å². The Morgan fingerprint density at radius 1 is 1.22 bits per heavy atom. The largest absolute Gasteiger partial charge is 0.383 e. The standard InChI is InChI=1S/C13H22N4S/c1-10-12(14)15-18-13(10)17-8-5-11(9-17)16-6-3-2-4-7-16/h11H,2-9H2,1H3,(H2,14,15). The van der Waals surface area contributed by atoms with Gasteiger partial charge in [-0.3, -0.25) is 4.90 Å². The zero-order valence-electron chi connectivity index (χ0n) is 11.1. The van der Waals surface area contributed by atoms with Gasteiger partial charge in [-0.25, -0.2) is 0 Å². The SMILES string of the molecule is Cc1c(N)nsc1N1CCC(N2CCCCC2)C1. The molecule has 4 nitrogen and oxygen atoms in total. The molecule has 1 atom stereocenters. The smallest absolute Gasteiger partial charge is 0.142 e. The Balaban J connectivity index is 1.66. The number of hydrogen-bond donors (Lipinski definition) is 1. The maximum atomic E-state index is 5.85. The Bertz CT molecular complexity index is 411. The number of nitrogens with zero attached hydrogens (tertiary/aromatic N) is 3. The van der Waals surface area contributed by atoms with Gasteiger partial charge in [0.25, 0.3) is 0 Å². The number of hydrogen-bond acceptors (Lipinski definition) is 5. The van der Waals surface area contributed by atoms with Crippen molar-refractivity contribution in [2.45, 2.75) is 38.6 Å². The van der Waals surface area contributed by atoms with Gasteiger partial charge in [-0.2, -0.15) is 4.37 Å². The van der Waals surface area contributed by atoms with Gasteiger partial charge < -0.3 is 10.6 Å². The van der Waals surface area contributed by atoms with Gasteiger partial charge in [-0.1, -0.05) is 6.42 Å². The van der Waals surface area contributed by atoms with Crippen molar-refractivity contribution in [3.8, 4) is 0 Å². The van der Waals surface area contributed by atoms with Crippen LogP contribution in [0.15, 0.2) is 0 Å². The summed E-state index contributed by atoms with van der Waals surface area (Å²) in [5.41, 5.74) is 7.01. The Hall–Kier alpha value is -0.810. The van der Waals surface area contributed by atoms with Crippen LogP contribution in [0.5, 0.6) is 0 Å². The van der Waals surface area contributed by atoms with Crippen molar-refractivity contribution >= 4 is 22.4 Å². The van der Waals surface area contributed by atoms with Crippen molar-refractivity contribution in [2.24, 2.45) is 0 Å². The lowest BCUT2D eigenvalue weighted by molar-refractivity contribution is 0.175. The third-order valence-electron chi connectivity index (χ3n) is 4.29. The molecule has 2 N–H and O–H groups in total. The second kappa shape index (κ2) is 5.05. The van der Waals surface area contributed by atoms with Crippen LogP contribution in [0, 0.1) is 6.92 Å². The number of nitrogen functional groups attached to an aromatic ring is 1. The predicted molar refractivity (Wildman–Crippen MR) is 77.3 cm³/mol. The molecule has 2 aliphatic rings. The highest BCUT2D eigenvalue weighted by molar-refractivity contribution is 7.10. The Labute approximate surface area is 113 Å². The molecule has 2 fully saturated rings. The van der Waals surface area contributed by atoms with Gasteiger partial charge in [0.05, 0.1) is 0 Å². The van der Waals surface area contributed by atoms with E-state index in [1.807, 2.05) is 0 Å². The van der Waals surface area contributed by atoms with Gasteiger partial charge in [0.15, 0.2) is 0 Å². The molecule has 100 valence electrons. The maximum absolute atomic E-state index is 5.85. The fourth-order valence-corrected chi connectivity index (χ4v) is 3.99. The van der Waals surface area contributed by atoms with E-state index in [2.05, 4.69) is 21.1 Å². The number of anilines is 2. The highest BCUT2D eigenvalue weighted by atomic mass is 32.1. The van der Waals surface area contributed by atoms with Crippen molar-refractivity contribution < 1.29 is 0 Å². The minimum atomic E-state index is 0.705. The van der Waals surface area contributed by atoms with Crippen LogP contribution in [0.25, 0.3) is 0 Å². The van der Waals surface area contributed by atoms with Crippen LogP contribution in [-0.2, 0) is 0 Å². The number of likely N-dealkylation sites (tertiary alicyclic amines) is 1. The molecule has 0 saturated carbocycles. The van der Waals surface area contributed by atoms with E-state index in [0.717, 1.165) is 19.1 Å². The molecule has 2 saturated heterocycles. The van der Waals surface area contributed by atoms with E-state index in [9.17, 15) is 0 Å². The molecule has 18 heavy (non-hydrogen) atoms. The third kappa shape index (κ3) is 2.21. The third-order valence-corrected chi connectivity index (χ3v) is 5.32. The van der Waals surface area contributed by atoms with Gasteiger partial charge in [-0.05, 0) is 50.8 Å². The normalized spacial score (nSPS) is 25.8. The lowest BCUT2D eigenvalue weighted by Crippen LogP contribution is -2.40. The first-order chi connectivity index (χ1) is 8.75. The summed E-state index contributed by atoms with van der Waals surface area (Å²) in [5, 5.41) is 1.28. The minimum Gasteiger partial charge on any atom is -0.383 e. The molecule has 0 radical (unpaired) electrons. The Morgan fingerprint density at radius 2 is 2.00 bits per heavy atom. The van der Waals surface area contributed by atoms with Gasteiger partial charge in [0.2, 0.25) is 0 Å². The monoisotopic (exact) mass is 266 g/mol. The molecule has 1 unspecified atom stereocenters. The van der Waals surface area contributed by atoms with Crippen LogP contribution < -0.4 is 10.6 Å². The predicted octanol–water partition coefficient (Wildman–Crippen LogP) is 2.10. The Morgan fingerprint density at radius 3 is 2.67 bits per heavy atom. The minimum absolute atomic E-state index is 0.705. The highest BCUT2D eigenvalue weighted by Gasteiger charge is 2.30. The number of piperidine rings is 1. The average molecular weight is 266 g/mol. The quantitative estimate of drug-likeness (QED) is 0.890. The van der Waals surface area contributed by atoms with Crippen molar-refractivity contribution in [1.29, 1.82) is 0 Å². The summed E-state index contributed by atoms with van der Waals surface area (Å²) in [7, 11) is 0. The number of nitrogens with two attached hydrogens (primary N) is 1. The molecule has 3 heterocycles. The van der Waals surface area contributed by atoms with Crippen LogP contribution in [0.1, 0.15) is 31.2 Å². The van der Waals surface area contributed by atoms with Crippen LogP contribution in [0.3, 0.4) is 0 Å². The summed E-state index contributed by atoms with van der Waals surface area (Å²) < 4.78 is 4.26. The molecule has 0 bridgehead atoms. The van der Waals surface area contributed by atoms with Gasteiger partial charge in [0, 0.05) is 24.7 Å². The molecule has 1 aromatic heterocycles. The van der Waals surface area contributed by atoms with E-state index in [1.165, 1.54) is 49.3 Å². The highest BCUT2D eigenvalue weighted by Crippen LogP contribution is 2.33. The second-order valence-corrected chi connectivity index (χ2v) is 6.23. The molecule has 0 aromatic carbocycles. The molecule has 0 amide bonds. The summed E-state index contributed by atoms with van der Waals surface area (Å²) in [6.45, 7) is 6.99. The molecular formula is C13H22N4S. The lowest BCUT2D eigenvalue weighted by atomic mass is 10.1. The second-order valence-electron chi connectivity index (χ2n) is 5.48. The molecule has 0 spiro atoms. The van der Waals surface area contributed by atoms with Crippen molar-refractivity contribution in [3.63, 3.8) is 0 Å². The van der Waals surface area contributed by atoms with E-state index in [1.54, 1.807) is 11.5 Å². The molecule has 3 rings (SSSR count). The van der Waals surface area contributed by atoms with E-state index in [0.29, 0.717) is 5.82 Å². The number of rotatable bonds is 2. The maximum Gasteiger partial charge on any atom is 0.142 e. The molecule has 0 aliphatic carbocycles.